The molecule has 0 saturated carbocycles. The molecule has 3 fully saturated rings. The molecule has 1 amide bonds. The molecule has 0 aliphatic carbocycles. The summed E-state index contributed by atoms with van der Waals surface area (Å²) in [4.78, 5) is 43.1. The Hall–Kier alpha value is -4.45. The van der Waals surface area contributed by atoms with Crippen molar-refractivity contribution in [1.29, 1.82) is 0 Å². The van der Waals surface area contributed by atoms with Gasteiger partial charge in [0.2, 0.25) is 5.88 Å². The molecule has 2 N–H and O–H groups in total. The van der Waals surface area contributed by atoms with Gasteiger partial charge in [0.15, 0.2) is 24.5 Å². The molecule has 3 aliphatic rings. The number of aromatic nitrogens is 2. The van der Waals surface area contributed by atoms with E-state index in [-0.39, 0.29) is 31.1 Å². The predicted molar refractivity (Wildman–Crippen MR) is 147 cm³/mol. The van der Waals surface area contributed by atoms with Gasteiger partial charge in [0, 0.05) is 48.3 Å². The van der Waals surface area contributed by atoms with E-state index in [2.05, 4.69) is 20.8 Å². The van der Waals surface area contributed by atoms with Crippen molar-refractivity contribution in [2.24, 2.45) is 5.92 Å². The second kappa shape index (κ2) is 12.4. The molecule has 5 heterocycles. The molecule has 2 bridgehead atoms. The predicted octanol–water partition coefficient (Wildman–Crippen LogP) is 3.20. The summed E-state index contributed by atoms with van der Waals surface area (Å²) in [5.74, 6) is -0.0678. The Morgan fingerprint density at radius 3 is 2.66 bits per heavy atom. The maximum atomic E-state index is 13.8. The minimum Gasteiger partial charge on any atom is -0.481 e. The SMILES string of the molecule is CCOC(=O)c1cccc(NC(C(=O)O[C@H]2C[N+]3(CC(=O)Nc4ccon4)CCC2CC3)c2ccc(OC)nc2)c1. The maximum absolute atomic E-state index is 13.8. The summed E-state index contributed by atoms with van der Waals surface area (Å²) in [5.41, 5.74) is 1.49. The van der Waals surface area contributed by atoms with E-state index in [9.17, 15) is 14.4 Å². The summed E-state index contributed by atoms with van der Waals surface area (Å²) in [7, 11) is 1.52. The molecule has 12 nitrogen and oxygen atoms in total. The van der Waals surface area contributed by atoms with Crippen LogP contribution in [0.25, 0.3) is 0 Å². The number of benzene rings is 1. The average molecular weight is 565 g/mol. The molecular weight excluding hydrogens is 530 g/mol. The smallest absolute Gasteiger partial charge is 0.338 e. The van der Waals surface area contributed by atoms with Crippen LogP contribution in [0, 0.1) is 5.92 Å². The highest BCUT2D eigenvalue weighted by Crippen LogP contribution is 2.36. The highest BCUT2D eigenvalue weighted by atomic mass is 16.5. The molecule has 3 aliphatic heterocycles. The molecule has 2 aromatic heterocycles. The van der Waals surface area contributed by atoms with Gasteiger partial charge in [0.1, 0.15) is 12.8 Å². The summed E-state index contributed by atoms with van der Waals surface area (Å²) in [6.45, 7) is 4.50. The molecular formula is C29H34N5O7+. The van der Waals surface area contributed by atoms with Gasteiger partial charge in [-0.2, -0.15) is 0 Å². The Balaban J connectivity index is 1.32. The molecule has 1 unspecified atom stereocenters. The van der Waals surface area contributed by atoms with E-state index >= 15 is 0 Å². The van der Waals surface area contributed by atoms with E-state index in [0.29, 0.717) is 39.5 Å². The lowest BCUT2D eigenvalue weighted by Crippen LogP contribution is -2.66. The lowest BCUT2D eigenvalue weighted by Gasteiger charge is -2.51. The van der Waals surface area contributed by atoms with E-state index in [1.807, 2.05) is 0 Å². The van der Waals surface area contributed by atoms with Gasteiger partial charge in [0.05, 0.1) is 32.4 Å². The van der Waals surface area contributed by atoms with Crippen LogP contribution in [0.15, 0.2) is 59.4 Å². The summed E-state index contributed by atoms with van der Waals surface area (Å²) >= 11 is 0. The van der Waals surface area contributed by atoms with Crippen LogP contribution < -0.4 is 15.4 Å². The number of esters is 2. The van der Waals surface area contributed by atoms with Crippen molar-refractivity contribution in [3.63, 3.8) is 0 Å². The zero-order valence-electron chi connectivity index (χ0n) is 23.1. The lowest BCUT2D eigenvalue weighted by molar-refractivity contribution is -0.938. The number of carbonyl (C=O) groups is 3. The number of amides is 1. The standard InChI is InChI=1S/C29H33N5O7/c1-3-39-28(36)20-5-4-6-22(15-20)31-27(21-7-8-26(38-2)30-16-21)29(37)41-23-17-34(12-9-19(23)10-13-34)18-25(35)32-24-11-14-40-33-24/h4-8,11,14-16,19,23,27,31H,3,9-10,12-13,17-18H2,1-2H3/p+1/t19?,23-,27?,34?/m0/s1. The molecule has 0 spiro atoms. The average Bonchev–Trinajstić information content (AvgIpc) is 3.49. The number of ether oxygens (including phenoxy) is 3. The third-order valence-corrected chi connectivity index (χ3v) is 7.72. The molecule has 0 radical (unpaired) electrons. The number of hydrogen-bond donors (Lipinski definition) is 2. The van der Waals surface area contributed by atoms with Gasteiger partial charge < -0.3 is 33.9 Å². The van der Waals surface area contributed by atoms with Crippen LogP contribution in [0.1, 0.15) is 41.7 Å². The highest BCUT2D eigenvalue weighted by molar-refractivity contribution is 5.91. The van der Waals surface area contributed by atoms with Crippen LogP contribution in [0.5, 0.6) is 5.88 Å². The molecule has 41 heavy (non-hydrogen) atoms. The van der Waals surface area contributed by atoms with E-state index in [1.165, 1.54) is 13.4 Å². The summed E-state index contributed by atoms with van der Waals surface area (Å²) in [6.07, 6.45) is 4.34. The van der Waals surface area contributed by atoms with Crippen molar-refractivity contribution in [3.8, 4) is 5.88 Å². The number of pyridine rings is 1. The van der Waals surface area contributed by atoms with Crippen molar-refractivity contribution in [2.75, 3.05) is 50.5 Å². The Morgan fingerprint density at radius 2 is 1.98 bits per heavy atom. The Bertz CT molecular complexity index is 1350. The van der Waals surface area contributed by atoms with Crippen molar-refractivity contribution in [3.05, 3.63) is 66.1 Å². The van der Waals surface area contributed by atoms with Crippen LogP contribution in [0.2, 0.25) is 0 Å². The summed E-state index contributed by atoms with van der Waals surface area (Å²) in [5, 5.41) is 9.74. The fourth-order valence-electron chi connectivity index (χ4n) is 5.64. The van der Waals surface area contributed by atoms with E-state index in [4.69, 9.17) is 18.7 Å². The van der Waals surface area contributed by atoms with Gasteiger partial charge in [0.25, 0.3) is 5.91 Å². The van der Waals surface area contributed by atoms with E-state index in [0.717, 1.165) is 25.9 Å². The Labute approximate surface area is 237 Å². The number of anilines is 2. The van der Waals surface area contributed by atoms with Gasteiger partial charge in [-0.1, -0.05) is 11.2 Å². The van der Waals surface area contributed by atoms with Crippen molar-refractivity contribution in [1.82, 2.24) is 10.1 Å². The number of piperidine rings is 3. The van der Waals surface area contributed by atoms with Crippen molar-refractivity contribution >= 4 is 29.4 Å². The van der Waals surface area contributed by atoms with Gasteiger partial charge >= 0.3 is 11.9 Å². The minimum absolute atomic E-state index is 0.158. The van der Waals surface area contributed by atoms with E-state index < -0.39 is 18.0 Å². The molecule has 2 atom stereocenters. The first-order chi connectivity index (χ1) is 19.9. The van der Waals surface area contributed by atoms with Crippen LogP contribution in [0.4, 0.5) is 11.5 Å². The van der Waals surface area contributed by atoms with Crippen LogP contribution in [-0.2, 0) is 19.1 Å². The van der Waals surface area contributed by atoms with Crippen molar-refractivity contribution in [2.45, 2.75) is 31.9 Å². The minimum atomic E-state index is -0.898. The molecule has 6 rings (SSSR count). The Morgan fingerprint density at radius 1 is 1.15 bits per heavy atom. The zero-order chi connectivity index (χ0) is 28.8. The number of methoxy groups -OCH3 is 1. The van der Waals surface area contributed by atoms with Crippen LogP contribution in [-0.4, -0.2) is 78.5 Å². The molecule has 3 aromatic rings. The number of rotatable bonds is 11. The van der Waals surface area contributed by atoms with Gasteiger partial charge in [-0.25, -0.2) is 14.6 Å². The normalized spacial score (nSPS) is 21.9. The first-order valence-electron chi connectivity index (χ1n) is 13.7. The Kier molecular flexibility index (Phi) is 8.48. The fraction of sp³-hybridized carbons (Fsp3) is 0.414. The number of carbonyl (C=O) groups excluding carboxylic acids is 3. The second-order valence-corrected chi connectivity index (χ2v) is 10.4. The fourth-order valence-corrected chi connectivity index (χ4v) is 5.64. The zero-order valence-corrected chi connectivity index (χ0v) is 23.1. The number of nitrogens with one attached hydrogen (secondary N) is 2. The van der Waals surface area contributed by atoms with Gasteiger partial charge in [-0.15, -0.1) is 0 Å². The monoisotopic (exact) mass is 564 g/mol. The topological polar surface area (TPSA) is 142 Å². The molecule has 3 saturated heterocycles. The highest BCUT2D eigenvalue weighted by Gasteiger charge is 2.49. The first kappa shape index (κ1) is 28.1. The number of nitrogens with zero attached hydrogens (tertiary/aromatic N) is 3. The first-order valence-corrected chi connectivity index (χ1v) is 13.7. The number of hydrogen-bond acceptors (Lipinski definition) is 10. The van der Waals surface area contributed by atoms with Gasteiger partial charge in [-0.05, 0) is 31.2 Å². The molecule has 12 heteroatoms. The third kappa shape index (κ3) is 6.65. The van der Waals surface area contributed by atoms with Crippen LogP contribution >= 0.6 is 0 Å². The largest absolute Gasteiger partial charge is 0.481 e. The molecule has 1 aromatic carbocycles. The number of fused-ring (bicyclic) bond motifs is 3. The second-order valence-electron chi connectivity index (χ2n) is 10.4. The number of quaternary nitrogens is 1. The lowest BCUT2D eigenvalue weighted by atomic mass is 9.83. The summed E-state index contributed by atoms with van der Waals surface area (Å²) < 4.78 is 21.8. The quantitative estimate of drug-likeness (QED) is 0.263. The van der Waals surface area contributed by atoms with Crippen LogP contribution in [0.3, 0.4) is 0 Å². The van der Waals surface area contributed by atoms with E-state index in [1.54, 1.807) is 55.6 Å². The maximum Gasteiger partial charge on any atom is 0.338 e. The van der Waals surface area contributed by atoms with Gasteiger partial charge in [-0.3, -0.25) is 4.79 Å². The molecule has 216 valence electrons. The summed E-state index contributed by atoms with van der Waals surface area (Å²) in [6, 6.07) is 10.9. The third-order valence-electron chi connectivity index (χ3n) is 7.72. The van der Waals surface area contributed by atoms with Crippen molar-refractivity contribution < 1.29 is 37.6 Å².